The standard InChI is InChI=1S/C13H13NO4S2/c1-9(11-5-6-19-8-11)14-20(17,18)12-4-2-3-10(7-12)13(15)16/h2-9,14H,1H3,(H,15,16). The molecule has 1 aromatic carbocycles. The van der Waals surface area contributed by atoms with Gasteiger partial charge in [-0.05, 0) is 47.5 Å². The van der Waals surface area contributed by atoms with Crippen LogP contribution < -0.4 is 4.72 Å². The van der Waals surface area contributed by atoms with E-state index in [1.54, 1.807) is 6.92 Å². The van der Waals surface area contributed by atoms with Crippen LogP contribution in [-0.2, 0) is 10.0 Å². The van der Waals surface area contributed by atoms with Crippen molar-refractivity contribution in [1.29, 1.82) is 0 Å². The smallest absolute Gasteiger partial charge is 0.335 e. The summed E-state index contributed by atoms with van der Waals surface area (Å²) in [5, 5.41) is 12.6. The zero-order valence-corrected chi connectivity index (χ0v) is 12.2. The van der Waals surface area contributed by atoms with Crippen molar-refractivity contribution in [2.45, 2.75) is 17.9 Å². The first-order chi connectivity index (χ1) is 9.40. The van der Waals surface area contributed by atoms with E-state index < -0.39 is 16.0 Å². The van der Waals surface area contributed by atoms with Gasteiger partial charge >= 0.3 is 5.97 Å². The molecular formula is C13H13NO4S2. The predicted octanol–water partition coefficient (Wildman–Crippen LogP) is 2.49. The monoisotopic (exact) mass is 311 g/mol. The van der Waals surface area contributed by atoms with Crippen molar-refractivity contribution in [3.05, 3.63) is 52.2 Å². The number of rotatable bonds is 5. The second-order valence-corrected chi connectivity index (χ2v) is 6.73. The van der Waals surface area contributed by atoms with Crippen LogP contribution in [0.4, 0.5) is 0 Å². The first-order valence-corrected chi connectivity index (χ1v) is 8.20. The summed E-state index contributed by atoms with van der Waals surface area (Å²) in [4.78, 5) is 10.8. The highest BCUT2D eigenvalue weighted by Gasteiger charge is 2.19. The Morgan fingerprint density at radius 3 is 2.70 bits per heavy atom. The number of carbonyl (C=O) groups is 1. The number of sulfonamides is 1. The molecule has 0 aliphatic carbocycles. The lowest BCUT2D eigenvalue weighted by Crippen LogP contribution is -2.26. The number of nitrogens with one attached hydrogen (secondary N) is 1. The maximum Gasteiger partial charge on any atom is 0.335 e. The average Bonchev–Trinajstić information content (AvgIpc) is 2.92. The Kier molecular flexibility index (Phi) is 4.22. The van der Waals surface area contributed by atoms with Gasteiger partial charge in [-0.25, -0.2) is 17.9 Å². The van der Waals surface area contributed by atoms with Crippen molar-refractivity contribution in [3.63, 3.8) is 0 Å². The van der Waals surface area contributed by atoms with Crippen molar-refractivity contribution >= 4 is 27.3 Å². The Bertz CT molecular complexity index is 708. The molecule has 0 fully saturated rings. The molecule has 0 aliphatic rings. The third-order valence-corrected chi connectivity index (χ3v) is 5.01. The predicted molar refractivity (Wildman–Crippen MR) is 76.5 cm³/mol. The zero-order chi connectivity index (χ0) is 14.8. The van der Waals surface area contributed by atoms with Gasteiger partial charge in [0, 0.05) is 6.04 Å². The minimum absolute atomic E-state index is 0.0560. The fourth-order valence-corrected chi connectivity index (χ4v) is 3.72. The van der Waals surface area contributed by atoms with Gasteiger partial charge in [-0.1, -0.05) is 6.07 Å². The van der Waals surface area contributed by atoms with Crippen molar-refractivity contribution in [2.75, 3.05) is 0 Å². The van der Waals surface area contributed by atoms with Crippen molar-refractivity contribution in [1.82, 2.24) is 4.72 Å². The summed E-state index contributed by atoms with van der Waals surface area (Å²) in [7, 11) is -3.75. The van der Waals surface area contributed by atoms with Crippen LogP contribution in [0.15, 0.2) is 46.0 Å². The van der Waals surface area contributed by atoms with E-state index in [1.807, 2.05) is 16.8 Å². The third-order valence-electron chi connectivity index (χ3n) is 2.77. The molecule has 1 heterocycles. The first-order valence-electron chi connectivity index (χ1n) is 5.78. The highest BCUT2D eigenvalue weighted by molar-refractivity contribution is 7.89. The number of carboxylic acid groups (broad SMARTS) is 1. The molecule has 0 amide bonds. The van der Waals surface area contributed by atoms with Crippen LogP contribution in [0.2, 0.25) is 0 Å². The second kappa shape index (κ2) is 5.74. The number of hydrogen-bond donors (Lipinski definition) is 2. The topological polar surface area (TPSA) is 83.5 Å². The molecule has 2 rings (SSSR count). The molecule has 2 N–H and O–H groups in total. The lowest BCUT2D eigenvalue weighted by atomic mass is 10.2. The molecule has 0 spiro atoms. The molecule has 2 aromatic rings. The van der Waals surface area contributed by atoms with Crippen molar-refractivity contribution < 1.29 is 18.3 Å². The van der Waals surface area contributed by atoms with E-state index in [2.05, 4.69) is 4.72 Å². The lowest BCUT2D eigenvalue weighted by Gasteiger charge is -2.13. The Balaban J connectivity index is 2.26. The fourth-order valence-electron chi connectivity index (χ4n) is 1.69. The summed E-state index contributed by atoms with van der Waals surface area (Å²) in [6.07, 6.45) is 0. The second-order valence-electron chi connectivity index (χ2n) is 4.23. The molecular weight excluding hydrogens is 298 g/mol. The molecule has 0 saturated carbocycles. The molecule has 106 valence electrons. The van der Waals surface area contributed by atoms with Crippen LogP contribution in [0.1, 0.15) is 28.9 Å². The van der Waals surface area contributed by atoms with Crippen LogP contribution in [-0.4, -0.2) is 19.5 Å². The highest BCUT2D eigenvalue weighted by atomic mass is 32.2. The first kappa shape index (κ1) is 14.7. The van der Waals surface area contributed by atoms with Crippen LogP contribution in [0, 0.1) is 0 Å². The van der Waals surface area contributed by atoms with Crippen LogP contribution in [0.5, 0.6) is 0 Å². The van der Waals surface area contributed by atoms with Gasteiger partial charge in [0.15, 0.2) is 0 Å². The van der Waals surface area contributed by atoms with Crippen LogP contribution in [0.3, 0.4) is 0 Å². The van der Waals surface area contributed by atoms with Gasteiger partial charge in [0.2, 0.25) is 10.0 Å². The molecule has 0 saturated heterocycles. The molecule has 1 aromatic heterocycles. The van der Waals surface area contributed by atoms with Crippen LogP contribution in [0.25, 0.3) is 0 Å². The summed E-state index contributed by atoms with van der Waals surface area (Å²) >= 11 is 1.48. The average molecular weight is 311 g/mol. The zero-order valence-electron chi connectivity index (χ0n) is 10.6. The maximum absolute atomic E-state index is 12.2. The number of benzene rings is 1. The van der Waals surface area contributed by atoms with Gasteiger partial charge in [-0.2, -0.15) is 11.3 Å². The van der Waals surface area contributed by atoms with Gasteiger partial charge in [-0.15, -0.1) is 0 Å². The maximum atomic E-state index is 12.2. The van der Waals surface area contributed by atoms with E-state index >= 15 is 0 Å². The Morgan fingerprint density at radius 2 is 2.10 bits per heavy atom. The van der Waals surface area contributed by atoms with E-state index in [1.165, 1.54) is 29.5 Å². The van der Waals surface area contributed by atoms with Gasteiger partial charge in [0.25, 0.3) is 0 Å². The Hall–Kier alpha value is -1.70. The lowest BCUT2D eigenvalue weighted by molar-refractivity contribution is 0.0696. The van der Waals surface area contributed by atoms with Gasteiger partial charge in [-0.3, -0.25) is 0 Å². The summed E-state index contributed by atoms with van der Waals surface area (Å²) in [5.41, 5.74) is 0.809. The largest absolute Gasteiger partial charge is 0.478 e. The summed E-state index contributed by atoms with van der Waals surface area (Å²) in [5.74, 6) is -1.16. The molecule has 7 heteroatoms. The molecule has 0 radical (unpaired) electrons. The quantitative estimate of drug-likeness (QED) is 0.888. The highest BCUT2D eigenvalue weighted by Crippen LogP contribution is 2.19. The van der Waals surface area contributed by atoms with Gasteiger partial charge in [0.1, 0.15) is 0 Å². The Labute approximate surface area is 120 Å². The minimum Gasteiger partial charge on any atom is -0.478 e. The molecule has 20 heavy (non-hydrogen) atoms. The summed E-state index contributed by atoms with van der Waals surface area (Å²) in [6, 6.07) is 6.74. The number of aromatic carboxylic acids is 1. The number of thiophene rings is 1. The SMILES string of the molecule is CC(NS(=O)(=O)c1cccc(C(=O)O)c1)c1ccsc1. The third kappa shape index (κ3) is 3.24. The molecule has 5 nitrogen and oxygen atoms in total. The minimum atomic E-state index is -3.75. The van der Waals surface area contributed by atoms with Gasteiger partial charge < -0.3 is 5.11 Å². The number of hydrogen-bond acceptors (Lipinski definition) is 4. The summed E-state index contributed by atoms with van der Waals surface area (Å²) in [6.45, 7) is 1.74. The van der Waals surface area contributed by atoms with Crippen molar-refractivity contribution in [3.8, 4) is 0 Å². The Morgan fingerprint density at radius 1 is 1.35 bits per heavy atom. The molecule has 1 unspecified atom stereocenters. The molecule has 0 bridgehead atoms. The van der Waals surface area contributed by atoms with E-state index in [0.29, 0.717) is 0 Å². The molecule has 1 atom stereocenters. The number of carboxylic acids is 1. The van der Waals surface area contributed by atoms with Crippen molar-refractivity contribution in [2.24, 2.45) is 0 Å². The van der Waals surface area contributed by atoms with E-state index in [-0.39, 0.29) is 16.5 Å². The van der Waals surface area contributed by atoms with Crippen LogP contribution >= 0.6 is 11.3 Å². The summed E-state index contributed by atoms with van der Waals surface area (Å²) < 4.78 is 27.0. The van der Waals surface area contributed by atoms with Gasteiger partial charge in [0.05, 0.1) is 10.5 Å². The van der Waals surface area contributed by atoms with E-state index in [0.717, 1.165) is 11.6 Å². The molecule has 0 aliphatic heterocycles. The van der Waals surface area contributed by atoms with E-state index in [4.69, 9.17) is 5.11 Å². The van der Waals surface area contributed by atoms with E-state index in [9.17, 15) is 13.2 Å². The normalized spacial score (nSPS) is 13.1. The fraction of sp³-hybridized carbons (Fsp3) is 0.154.